The summed E-state index contributed by atoms with van der Waals surface area (Å²) in [6, 6.07) is 0.320. The number of likely N-dealkylation sites (tertiary alicyclic amines) is 2. The molecule has 2 N–H and O–H groups in total. The van der Waals surface area contributed by atoms with Gasteiger partial charge in [0.15, 0.2) is 5.96 Å². The predicted octanol–water partition coefficient (Wildman–Crippen LogP) is 0.894. The van der Waals surface area contributed by atoms with Crippen LogP contribution in [0.15, 0.2) is 4.99 Å². The maximum absolute atomic E-state index is 11.8. The highest BCUT2D eigenvalue weighted by Crippen LogP contribution is 2.16. The van der Waals surface area contributed by atoms with E-state index in [4.69, 9.17) is 4.99 Å². The molecule has 2 rings (SSSR count). The molecule has 0 spiro atoms. The molecule has 0 radical (unpaired) electrons. The Morgan fingerprint density at radius 3 is 2.57 bits per heavy atom. The maximum Gasteiger partial charge on any atom is 0.222 e. The Labute approximate surface area is 140 Å². The van der Waals surface area contributed by atoms with Crippen LogP contribution in [0.5, 0.6) is 0 Å². The lowest BCUT2D eigenvalue weighted by atomic mass is 9.97. The molecule has 2 heterocycles. The van der Waals surface area contributed by atoms with Gasteiger partial charge in [-0.15, -0.1) is 0 Å². The van der Waals surface area contributed by atoms with Crippen LogP contribution in [0, 0.1) is 5.92 Å². The molecule has 1 unspecified atom stereocenters. The van der Waals surface area contributed by atoms with Crippen molar-refractivity contribution in [1.82, 2.24) is 20.4 Å². The number of hydrogen-bond donors (Lipinski definition) is 2. The summed E-state index contributed by atoms with van der Waals surface area (Å²) >= 11 is 0. The first kappa shape index (κ1) is 18.0. The van der Waals surface area contributed by atoms with Crippen LogP contribution in [0.1, 0.15) is 39.5 Å². The third kappa shape index (κ3) is 5.68. The number of carbonyl (C=O) groups is 1. The zero-order valence-electron chi connectivity index (χ0n) is 15.0. The van der Waals surface area contributed by atoms with E-state index >= 15 is 0 Å². The Morgan fingerprint density at radius 1 is 1.17 bits per heavy atom. The van der Waals surface area contributed by atoms with Gasteiger partial charge >= 0.3 is 0 Å². The molecule has 0 aromatic heterocycles. The Bertz CT molecular complexity index is 404. The van der Waals surface area contributed by atoms with Crippen LogP contribution in [0.2, 0.25) is 0 Å². The molecule has 132 valence electrons. The number of aliphatic imine (C=N–C) groups is 1. The van der Waals surface area contributed by atoms with Crippen molar-refractivity contribution in [3.8, 4) is 0 Å². The number of amides is 1. The van der Waals surface area contributed by atoms with Crippen molar-refractivity contribution in [1.29, 1.82) is 0 Å². The van der Waals surface area contributed by atoms with E-state index in [1.54, 1.807) is 0 Å². The van der Waals surface area contributed by atoms with Gasteiger partial charge in [-0.3, -0.25) is 9.79 Å². The van der Waals surface area contributed by atoms with E-state index < -0.39 is 0 Å². The average molecular weight is 323 g/mol. The highest BCUT2D eigenvalue weighted by atomic mass is 16.2. The van der Waals surface area contributed by atoms with Crippen LogP contribution in [0.25, 0.3) is 0 Å². The van der Waals surface area contributed by atoms with Gasteiger partial charge in [0.2, 0.25) is 5.91 Å². The summed E-state index contributed by atoms with van der Waals surface area (Å²) in [5, 5.41) is 6.85. The van der Waals surface area contributed by atoms with Gasteiger partial charge in [-0.1, -0.05) is 6.92 Å². The fourth-order valence-electron chi connectivity index (χ4n) is 3.31. The van der Waals surface area contributed by atoms with E-state index in [0.717, 1.165) is 38.6 Å². The summed E-state index contributed by atoms with van der Waals surface area (Å²) < 4.78 is 0. The van der Waals surface area contributed by atoms with E-state index in [1.165, 1.54) is 25.9 Å². The highest BCUT2D eigenvalue weighted by molar-refractivity contribution is 5.80. The molecule has 1 atom stereocenters. The summed E-state index contributed by atoms with van der Waals surface area (Å²) in [4.78, 5) is 20.9. The molecule has 6 nitrogen and oxygen atoms in total. The van der Waals surface area contributed by atoms with Gasteiger partial charge in [-0.25, -0.2) is 0 Å². The van der Waals surface area contributed by atoms with Crippen LogP contribution in [-0.2, 0) is 4.79 Å². The fourth-order valence-corrected chi connectivity index (χ4v) is 3.31. The van der Waals surface area contributed by atoms with E-state index in [0.29, 0.717) is 18.4 Å². The second-order valence-corrected chi connectivity index (χ2v) is 6.79. The molecule has 23 heavy (non-hydrogen) atoms. The van der Waals surface area contributed by atoms with E-state index in [-0.39, 0.29) is 5.91 Å². The molecule has 2 saturated heterocycles. The topological polar surface area (TPSA) is 60.0 Å². The van der Waals surface area contributed by atoms with Crippen molar-refractivity contribution in [2.75, 3.05) is 46.3 Å². The van der Waals surface area contributed by atoms with Crippen molar-refractivity contribution in [2.45, 2.75) is 45.6 Å². The molecule has 0 saturated carbocycles. The van der Waals surface area contributed by atoms with E-state index in [2.05, 4.69) is 29.5 Å². The van der Waals surface area contributed by atoms with Crippen molar-refractivity contribution < 1.29 is 4.79 Å². The van der Waals surface area contributed by atoms with Gasteiger partial charge in [0.1, 0.15) is 0 Å². The van der Waals surface area contributed by atoms with Crippen molar-refractivity contribution >= 4 is 11.9 Å². The van der Waals surface area contributed by atoms with Gasteiger partial charge in [0.05, 0.1) is 0 Å². The van der Waals surface area contributed by atoms with Crippen LogP contribution in [-0.4, -0.2) is 74.0 Å². The van der Waals surface area contributed by atoms with Crippen molar-refractivity contribution in [2.24, 2.45) is 10.9 Å². The summed E-state index contributed by atoms with van der Waals surface area (Å²) in [6.45, 7) is 9.80. The molecule has 6 heteroatoms. The number of guanidine groups is 1. The highest BCUT2D eigenvalue weighted by Gasteiger charge is 2.26. The number of nitrogens with zero attached hydrogens (tertiary/aromatic N) is 3. The van der Waals surface area contributed by atoms with E-state index in [1.807, 2.05) is 11.8 Å². The van der Waals surface area contributed by atoms with Gasteiger partial charge in [-0.2, -0.15) is 0 Å². The Balaban J connectivity index is 1.81. The van der Waals surface area contributed by atoms with Gasteiger partial charge in [0, 0.05) is 38.6 Å². The predicted molar refractivity (Wildman–Crippen MR) is 94.6 cm³/mol. The quantitative estimate of drug-likeness (QED) is 0.583. The smallest absolute Gasteiger partial charge is 0.222 e. The minimum absolute atomic E-state index is 0.252. The zero-order valence-corrected chi connectivity index (χ0v) is 15.0. The zero-order chi connectivity index (χ0) is 16.7. The molecular formula is C17H33N5O. The summed E-state index contributed by atoms with van der Waals surface area (Å²) in [5.41, 5.74) is 0. The lowest BCUT2D eigenvalue weighted by Crippen LogP contribution is -2.45. The Kier molecular flexibility index (Phi) is 7.15. The average Bonchev–Trinajstić information content (AvgIpc) is 3.02. The summed E-state index contributed by atoms with van der Waals surface area (Å²) in [6.07, 6.45) is 4.07. The first-order valence-corrected chi connectivity index (χ1v) is 9.13. The largest absolute Gasteiger partial charge is 0.357 e. The third-order valence-corrected chi connectivity index (χ3v) is 4.87. The van der Waals surface area contributed by atoms with Crippen LogP contribution >= 0.6 is 0 Å². The third-order valence-electron chi connectivity index (χ3n) is 4.87. The molecule has 2 aliphatic heterocycles. The maximum atomic E-state index is 11.8. The first-order chi connectivity index (χ1) is 11.1. The van der Waals surface area contributed by atoms with Gasteiger partial charge < -0.3 is 20.4 Å². The number of carbonyl (C=O) groups excluding carboxylic acids is 1. The van der Waals surface area contributed by atoms with E-state index in [9.17, 15) is 4.79 Å². The SMILES string of the molecule is CCNC(=NCC1CCN(C)CC1)NC1CCN(C(=O)CC)C1. The monoisotopic (exact) mass is 323 g/mol. The number of rotatable bonds is 5. The number of hydrogen-bond acceptors (Lipinski definition) is 3. The Morgan fingerprint density at radius 2 is 1.91 bits per heavy atom. The molecule has 2 aliphatic rings. The van der Waals surface area contributed by atoms with Crippen molar-refractivity contribution in [3.63, 3.8) is 0 Å². The lowest BCUT2D eigenvalue weighted by molar-refractivity contribution is -0.129. The Hall–Kier alpha value is -1.30. The van der Waals surface area contributed by atoms with Crippen LogP contribution in [0.3, 0.4) is 0 Å². The molecule has 2 fully saturated rings. The second-order valence-electron chi connectivity index (χ2n) is 6.79. The minimum Gasteiger partial charge on any atom is -0.357 e. The lowest BCUT2D eigenvalue weighted by Gasteiger charge is -2.28. The fraction of sp³-hybridized carbons (Fsp3) is 0.882. The number of nitrogens with one attached hydrogen (secondary N) is 2. The second kappa shape index (κ2) is 9.11. The number of piperidine rings is 1. The molecule has 0 aliphatic carbocycles. The minimum atomic E-state index is 0.252. The first-order valence-electron chi connectivity index (χ1n) is 9.13. The van der Waals surface area contributed by atoms with Gasteiger partial charge in [-0.05, 0) is 52.2 Å². The van der Waals surface area contributed by atoms with Crippen LogP contribution < -0.4 is 10.6 Å². The van der Waals surface area contributed by atoms with Crippen molar-refractivity contribution in [3.05, 3.63) is 0 Å². The standard InChI is InChI=1S/C17H33N5O/c1-4-16(23)22-11-8-15(13-22)20-17(18-5-2)19-12-14-6-9-21(3)10-7-14/h14-15H,4-13H2,1-3H3,(H2,18,19,20). The van der Waals surface area contributed by atoms with Gasteiger partial charge in [0.25, 0.3) is 0 Å². The molecular weight excluding hydrogens is 290 g/mol. The normalized spacial score (nSPS) is 24.0. The summed E-state index contributed by atoms with van der Waals surface area (Å²) in [5.74, 6) is 1.85. The molecule has 0 aromatic carbocycles. The van der Waals surface area contributed by atoms with Crippen LogP contribution in [0.4, 0.5) is 0 Å². The molecule has 0 aromatic rings. The molecule has 1 amide bonds. The summed E-state index contributed by atoms with van der Waals surface area (Å²) in [7, 11) is 2.19. The molecule has 0 bridgehead atoms.